The Kier molecular flexibility index (Phi) is 4.14. The van der Waals surface area contributed by atoms with Crippen molar-refractivity contribution in [3.8, 4) is 0 Å². The first-order valence-corrected chi connectivity index (χ1v) is 4.94. The second kappa shape index (κ2) is 5.42. The van der Waals surface area contributed by atoms with Crippen LogP contribution in [0.5, 0.6) is 0 Å². The molecule has 0 radical (unpaired) electrons. The van der Waals surface area contributed by atoms with Gasteiger partial charge in [-0.25, -0.2) is 4.79 Å². The highest BCUT2D eigenvalue weighted by Gasteiger charge is 2.60. The fraction of sp³-hybridized carbons (Fsp3) is 0.200. The number of carbonyl (C=O) groups is 2. The van der Waals surface area contributed by atoms with Crippen LogP contribution < -0.4 is 5.32 Å². The van der Waals surface area contributed by atoms with Crippen LogP contribution >= 0.6 is 0 Å². The molecular weight excluding hydrogens is 260 g/mol. The van der Waals surface area contributed by atoms with Crippen LogP contribution in [0.4, 0.5) is 5.69 Å². The van der Waals surface area contributed by atoms with Crippen molar-refractivity contribution in [1.82, 2.24) is 0 Å². The summed E-state index contributed by atoms with van der Waals surface area (Å²) in [6.07, 6.45) is -2.76. The summed E-state index contributed by atoms with van der Waals surface area (Å²) in [6.45, 7) is 0. The van der Waals surface area contributed by atoms with Crippen LogP contribution in [-0.4, -0.2) is 43.9 Å². The van der Waals surface area contributed by atoms with E-state index >= 15 is 0 Å². The Morgan fingerprint density at radius 3 is 2.26 bits per heavy atom. The number of nitrogens with zero attached hydrogens (tertiary/aromatic N) is 1. The number of aliphatic carboxylic acids is 1. The number of anilines is 1. The predicted octanol–water partition coefficient (Wildman–Crippen LogP) is -0.964. The van der Waals surface area contributed by atoms with Crippen LogP contribution in [0.2, 0.25) is 0 Å². The molecule has 1 aromatic carbocycles. The molecule has 1 amide bonds. The summed E-state index contributed by atoms with van der Waals surface area (Å²) < 4.78 is 0. The van der Waals surface area contributed by atoms with E-state index in [4.69, 9.17) is 5.11 Å². The SMILES string of the molecule is O=C(Nc1ccccc1)C(O)C(O)(C(=O)O)[N+](=O)[O-]. The number of amides is 1. The molecule has 0 aliphatic carbocycles. The number of carboxylic acids is 1. The van der Waals surface area contributed by atoms with Gasteiger partial charge >= 0.3 is 11.7 Å². The maximum Gasteiger partial charge on any atom is 0.454 e. The van der Waals surface area contributed by atoms with Crippen molar-refractivity contribution >= 4 is 17.6 Å². The number of carboxylic acid groups (broad SMARTS) is 1. The Hall–Kier alpha value is -2.52. The average molecular weight is 270 g/mol. The zero-order valence-corrected chi connectivity index (χ0v) is 9.39. The van der Waals surface area contributed by atoms with E-state index < -0.39 is 28.6 Å². The second-order valence-corrected chi connectivity index (χ2v) is 3.55. The highest BCUT2D eigenvalue weighted by Crippen LogP contribution is 2.15. The van der Waals surface area contributed by atoms with Gasteiger partial charge in [0, 0.05) is 5.69 Å². The average Bonchev–Trinajstić information content (AvgIpc) is 2.37. The van der Waals surface area contributed by atoms with Gasteiger partial charge in [0.15, 0.2) is 0 Å². The fourth-order valence-electron chi connectivity index (χ4n) is 1.21. The van der Waals surface area contributed by atoms with Gasteiger partial charge in [-0.3, -0.25) is 14.9 Å². The fourth-order valence-corrected chi connectivity index (χ4v) is 1.21. The lowest BCUT2D eigenvalue weighted by atomic mass is 10.1. The number of nitrogens with one attached hydrogen (secondary N) is 1. The molecule has 4 N–H and O–H groups in total. The van der Waals surface area contributed by atoms with Crippen molar-refractivity contribution < 1.29 is 29.8 Å². The maximum absolute atomic E-state index is 11.5. The van der Waals surface area contributed by atoms with Crippen LogP contribution in [0.25, 0.3) is 0 Å². The minimum Gasteiger partial charge on any atom is -0.474 e. The zero-order chi connectivity index (χ0) is 14.6. The van der Waals surface area contributed by atoms with E-state index in [1.807, 2.05) is 5.32 Å². The summed E-state index contributed by atoms with van der Waals surface area (Å²) in [6, 6.07) is 7.54. The van der Waals surface area contributed by atoms with Gasteiger partial charge in [-0.1, -0.05) is 18.2 Å². The first kappa shape index (κ1) is 14.5. The molecule has 0 heterocycles. The molecule has 0 fully saturated rings. The Labute approximate surface area is 106 Å². The lowest BCUT2D eigenvalue weighted by Gasteiger charge is -2.19. The third-order valence-electron chi connectivity index (χ3n) is 2.26. The summed E-state index contributed by atoms with van der Waals surface area (Å²) in [4.78, 5) is 31.0. The summed E-state index contributed by atoms with van der Waals surface area (Å²) in [5.41, 5.74) is -3.62. The van der Waals surface area contributed by atoms with Crippen LogP contribution in [-0.2, 0) is 9.59 Å². The van der Waals surface area contributed by atoms with Gasteiger partial charge in [0.1, 0.15) is 0 Å². The Balaban J connectivity index is 2.93. The highest BCUT2D eigenvalue weighted by molar-refractivity contribution is 5.98. The van der Waals surface area contributed by atoms with Crippen LogP contribution in [0.15, 0.2) is 30.3 Å². The van der Waals surface area contributed by atoms with Crippen molar-refractivity contribution in [1.29, 1.82) is 0 Å². The zero-order valence-electron chi connectivity index (χ0n) is 9.39. The Morgan fingerprint density at radius 2 is 1.84 bits per heavy atom. The predicted molar refractivity (Wildman–Crippen MR) is 60.7 cm³/mol. The largest absolute Gasteiger partial charge is 0.474 e. The normalized spacial score (nSPS) is 15.1. The van der Waals surface area contributed by atoms with E-state index in [-0.39, 0.29) is 5.69 Å². The molecule has 0 saturated carbocycles. The molecule has 0 aliphatic rings. The monoisotopic (exact) mass is 270 g/mol. The third kappa shape index (κ3) is 2.84. The number of aliphatic hydroxyl groups is 2. The lowest BCUT2D eigenvalue weighted by Crippen LogP contribution is -2.59. The van der Waals surface area contributed by atoms with Crippen LogP contribution in [0.3, 0.4) is 0 Å². The van der Waals surface area contributed by atoms with Crippen molar-refractivity contribution in [3.63, 3.8) is 0 Å². The number of rotatable bonds is 5. The number of aliphatic hydroxyl groups excluding tert-OH is 1. The first-order chi connectivity index (χ1) is 8.80. The molecule has 102 valence electrons. The van der Waals surface area contributed by atoms with Gasteiger partial charge in [-0.15, -0.1) is 0 Å². The number of para-hydroxylation sites is 1. The van der Waals surface area contributed by atoms with Gasteiger partial charge < -0.3 is 20.6 Å². The lowest BCUT2D eigenvalue weighted by molar-refractivity contribution is -0.616. The minimum absolute atomic E-state index is 0.183. The first-order valence-electron chi connectivity index (χ1n) is 4.94. The van der Waals surface area contributed by atoms with Crippen LogP contribution in [0, 0.1) is 10.1 Å². The van der Waals surface area contributed by atoms with Gasteiger partial charge in [-0.2, -0.15) is 0 Å². The molecule has 2 unspecified atom stereocenters. The summed E-state index contributed by atoms with van der Waals surface area (Å²) in [7, 11) is 0. The van der Waals surface area contributed by atoms with Crippen LogP contribution in [0.1, 0.15) is 0 Å². The van der Waals surface area contributed by atoms with Crippen molar-refractivity contribution in [2.75, 3.05) is 5.32 Å². The smallest absolute Gasteiger partial charge is 0.454 e. The minimum atomic E-state index is -3.81. The standard InChI is InChI=1S/C10H10N2O7/c13-7(10(17,9(15)16)12(18)19)8(14)11-6-4-2-1-3-5-6/h1-5,7,13,17H,(H,11,14)(H,15,16). The molecule has 0 aromatic heterocycles. The van der Waals surface area contributed by atoms with Gasteiger partial charge in [0.05, 0.1) is 4.92 Å². The molecule has 0 saturated heterocycles. The molecule has 9 heteroatoms. The number of benzene rings is 1. The maximum atomic E-state index is 11.5. The van der Waals surface area contributed by atoms with E-state index in [1.54, 1.807) is 18.2 Å². The molecule has 19 heavy (non-hydrogen) atoms. The van der Waals surface area contributed by atoms with E-state index in [0.29, 0.717) is 0 Å². The third-order valence-corrected chi connectivity index (χ3v) is 2.26. The molecule has 1 aromatic rings. The molecule has 0 spiro atoms. The number of nitro groups is 1. The Morgan fingerprint density at radius 1 is 1.32 bits per heavy atom. The number of hydrogen-bond acceptors (Lipinski definition) is 6. The molecule has 9 nitrogen and oxygen atoms in total. The van der Waals surface area contributed by atoms with E-state index in [9.17, 15) is 29.9 Å². The summed E-state index contributed by atoms with van der Waals surface area (Å²) in [5.74, 6) is -3.75. The molecular formula is C10H10N2O7. The van der Waals surface area contributed by atoms with Crippen molar-refractivity contribution in [3.05, 3.63) is 40.4 Å². The highest BCUT2D eigenvalue weighted by atomic mass is 16.7. The van der Waals surface area contributed by atoms with E-state index in [2.05, 4.69) is 0 Å². The molecule has 1 rings (SSSR count). The second-order valence-electron chi connectivity index (χ2n) is 3.55. The van der Waals surface area contributed by atoms with E-state index in [0.717, 1.165) is 0 Å². The molecule has 0 aliphatic heterocycles. The summed E-state index contributed by atoms with van der Waals surface area (Å²) >= 11 is 0. The quantitative estimate of drug-likeness (QED) is 0.305. The van der Waals surface area contributed by atoms with Gasteiger partial charge in [-0.05, 0) is 12.1 Å². The van der Waals surface area contributed by atoms with Gasteiger partial charge in [0.2, 0.25) is 6.10 Å². The van der Waals surface area contributed by atoms with Crippen molar-refractivity contribution in [2.45, 2.75) is 11.8 Å². The number of carbonyl (C=O) groups excluding carboxylic acids is 1. The topological polar surface area (TPSA) is 150 Å². The molecule has 2 atom stereocenters. The van der Waals surface area contributed by atoms with Crippen molar-refractivity contribution in [2.24, 2.45) is 0 Å². The molecule has 0 bridgehead atoms. The Bertz CT molecular complexity index is 488. The van der Waals surface area contributed by atoms with E-state index in [1.165, 1.54) is 12.1 Å². The summed E-state index contributed by atoms with van der Waals surface area (Å²) in [5, 5.41) is 39.7. The van der Waals surface area contributed by atoms with Gasteiger partial charge in [0.25, 0.3) is 5.91 Å². The number of hydrogen-bond donors (Lipinski definition) is 4.